The van der Waals surface area contributed by atoms with Gasteiger partial charge in [0, 0.05) is 30.7 Å². The zero-order valence-corrected chi connectivity index (χ0v) is 17.6. The Morgan fingerprint density at radius 3 is 2.34 bits per heavy atom. The molecule has 0 spiro atoms. The van der Waals surface area contributed by atoms with Crippen LogP contribution in [-0.2, 0) is 17.8 Å². The first-order chi connectivity index (χ1) is 13.9. The second kappa shape index (κ2) is 9.12. The highest BCUT2D eigenvalue weighted by molar-refractivity contribution is 5.90. The van der Waals surface area contributed by atoms with Crippen LogP contribution in [0.25, 0.3) is 0 Å². The van der Waals surface area contributed by atoms with Crippen molar-refractivity contribution in [3.8, 4) is 0 Å². The van der Waals surface area contributed by atoms with Crippen molar-refractivity contribution >= 4 is 17.6 Å². The second-order valence-corrected chi connectivity index (χ2v) is 8.16. The zero-order chi connectivity index (χ0) is 20.9. The molecule has 0 aliphatic carbocycles. The molecule has 29 heavy (non-hydrogen) atoms. The van der Waals surface area contributed by atoms with Crippen molar-refractivity contribution in [2.75, 3.05) is 18.4 Å². The summed E-state index contributed by atoms with van der Waals surface area (Å²) < 4.78 is 0. The molecule has 3 rings (SSSR count). The first kappa shape index (κ1) is 20.9. The van der Waals surface area contributed by atoms with Gasteiger partial charge >= 0.3 is 6.03 Å². The number of nitrogens with one attached hydrogen (secondary N) is 2. The lowest BCUT2D eigenvalue weighted by Crippen LogP contribution is -2.49. The van der Waals surface area contributed by atoms with Crippen LogP contribution in [0.3, 0.4) is 0 Å². The number of anilines is 1. The quantitative estimate of drug-likeness (QED) is 0.785. The predicted molar refractivity (Wildman–Crippen MR) is 117 cm³/mol. The van der Waals surface area contributed by atoms with Crippen molar-refractivity contribution in [3.05, 3.63) is 65.2 Å². The van der Waals surface area contributed by atoms with Crippen LogP contribution in [0, 0.1) is 12.3 Å². The number of piperidine rings is 1. The number of rotatable bonds is 5. The van der Waals surface area contributed by atoms with Gasteiger partial charge in [0.05, 0.1) is 0 Å². The number of hydrogen-bond acceptors (Lipinski definition) is 2. The number of carbonyl (C=O) groups is 2. The Morgan fingerprint density at radius 1 is 1.03 bits per heavy atom. The minimum atomic E-state index is -0.442. The number of carbonyl (C=O) groups excluding carboxylic acids is 2. The van der Waals surface area contributed by atoms with E-state index in [0.29, 0.717) is 32.5 Å². The van der Waals surface area contributed by atoms with Gasteiger partial charge in [0.1, 0.15) is 0 Å². The van der Waals surface area contributed by atoms with Gasteiger partial charge in [0.15, 0.2) is 0 Å². The molecule has 5 heteroatoms. The molecule has 1 fully saturated rings. The van der Waals surface area contributed by atoms with Crippen LogP contribution in [0.2, 0.25) is 0 Å². The molecule has 2 aromatic rings. The monoisotopic (exact) mass is 393 g/mol. The van der Waals surface area contributed by atoms with Crippen LogP contribution in [0.4, 0.5) is 10.5 Å². The molecule has 154 valence electrons. The van der Waals surface area contributed by atoms with E-state index in [1.54, 1.807) is 4.90 Å². The summed E-state index contributed by atoms with van der Waals surface area (Å²) in [4.78, 5) is 27.3. The number of para-hydroxylation sites is 1. The Bertz CT molecular complexity index is 853. The second-order valence-electron chi connectivity index (χ2n) is 8.16. The van der Waals surface area contributed by atoms with E-state index in [2.05, 4.69) is 29.7 Å². The highest BCUT2D eigenvalue weighted by Gasteiger charge is 2.38. The smallest absolute Gasteiger partial charge is 0.321 e. The lowest BCUT2D eigenvalue weighted by molar-refractivity contribution is -0.132. The van der Waals surface area contributed by atoms with E-state index in [9.17, 15) is 9.59 Å². The summed E-state index contributed by atoms with van der Waals surface area (Å²) in [5.74, 6) is 0.0643. The van der Waals surface area contributed by atoms with Crippen molar-refractivity contribution in [2.24, 2.45) is 5.41 Å². The fraction of sp³-hybridized carbons (Fsp3) is 0.417. The van der Waals surface area contributed by atoms with Crippen molar-refractivity contribution in [1.29, 1.82) is 0 Å². The highest BCUT2D eigenvalue weighted by atomic mass is 16.2. The third kappa shape index (κ3) is 5.17. The molecule has 2 aromatic carbocycles. The van der Waals surface area contributed by atoms with Crippen LogP contribution in [0.15, 0.2) is 48.5 Å². The summed E-state index contributed by atoms with van der Waals surface area (Å²) in [6, 6.07) is 16.0. The molecule has 1 heterocycles. The maximum Gasteiger partial charge on any atom is 0.321 e. The number of likely N-dealkylation sites (tertiary alicyclic amines) is 1. The number of benzene rings is 2. The minimum absolute atomic E-state index is 0.0643. The van der Waals surface area contributed by atoms with Crippen molar-refractivity contribution in [3.63, 3.8) is 0 Å². The largest absolute Gasteiger partial charge is 0.352 e. The van der Waals surface area contributed by atoms with Gasteiger partial charge < -0.3 is 15.5 Å². The van der Waals surface area contributed by atoms with E-state index in [-0.39, 0.29) is 11.9 Å². The third-order valence-electron chi connectivity index (χ3n) is 5.92. The maximum absolute atomic E-state index is 12.8. The van der Waals surface area contributed by atoms with Crippen LogP contribution in [-0.4, -0.2) is 29.9 Å². The van der Waals surface area contributed by atoms with Crippen LogP contribution < -0.4 is 10.6 Å². The average molecular weight is 394 g/mol. The van der Waals surface area contributed by atoms with Gasteiger partial charge in [-0.05, 0) is 43.4 Å². The van der Waals surface area contributed by atoms with Gasteiger partial charge in [0.25, 0.3) is 0 Å². The predicted octanol–water partition coefficient (Wildman–Crippen LogP) is 4.51. The fourth-order valence-electron chi connectivity index (χ4n) is 3.68. The van der Waals surface area contributed by atoms with E-state index < -0.39 is 5.41 Å². The molecule has 5 nitrogen and oxygen atoms in total. The molecular weight excluding hydrogens is 362 g/mol. The minimum Gasteiger partial charge on any atom is -0.352 e. The third-order valence-corrected chi connectivity index (χ3v) is 5.92. The Labute approximate surface area is 173 Å². The molecular formula is C24H31N3O2. The Morgan fingerprint density at radius 2 is 1.69 bits per heavy atom. The number of aryl methyl sites for hydroxylation is 2. The van der Waals surface area contributed by atoms with E-state index in [1.807, 2.05) is 50.2 Å². The molecule has 3 amide bonds. The summed E-state index contributed by atoms with van der Waals surface area (Å²) >= 11 is 0. The fourth-order valence-corrected chi connectivity index (χ4v) is 3.68. The Kier molecular flexibility index (Phi) is 6.57. The van der Waals surface area contributed by atoms with E-state index in [1.165, 1.54) is 5.56 Å². The molecule has 2 N–H and O–H groups in total. The molecule has 0 saturated carbocycles. The molecule has 1 aliphatic heterocycles. The van der Waals surface area contributed by atoms with E-state index in [0.717, 1.165) is 23.2 Å². The van der Waals surface area contributed by atoms with Crippen LogP contribution in [0.5, 0.6) is 0 Å². The zero-order valence-electron chi connectivity index (χ0n) is 17.6. The lowest BCUT2D eigenvalue weighted by atomic mass is 9.79. The molecule has 0 unspecified atom stereocenters. The normalized spacial score (nSPS) is 15.6. The summed E-state index contributed by atoms with van der Waals surface area (Å²) in [5.41, 5.74) is 3.85. The summed E-state index contributed by atoms with van der Waals surface area (Å²) in [6.45, 7) is 7.82. The van der Waals surface area contributed by atoms with Crippen LogP contribution in [0.1, 0.15) is 43.4 Å². The molecule has 0 radical (unpaired) electrons. The van der Waals surface area contributed by atoms with Gasteiger partial charge in [-0.3, -0.25) is 4.79 Å². The molecule has 1 saturated heterocycles. The Balaban J connectivity index is 1.52. The topological polar surface area (TPSA) is 61.4 Å². The van der Waals surface area contributed by atoms with Gasteiger partial charge in [-0.2, -0.15) is 0 Å². The summed E-state index contributed by atoms with van der Waals surface area (Å²) in [5, 5.41) is 6.09. The van der Waals surface area contributed by atoms with Crippen molar-refractivity contribution in [2.45, 2.75) is 46.6 Å². The molecule has 0 atom stereocenters. The van der Waals surface area contributed by atoms with Crippen LogP contribution >= 0.6 is 0 Å². The lowest BCUT2D eigenvalue weighted by Gasteiger charge is -2.38. The van der Waals surface area contributed by atoms with Gasteiger partial charge in [-0.25, -0.2) is 4.79 Å². The first-order valence-corrected chi connectivity index (χ1v) is 10.4. The Hall–Kier alpha value is -2.82. The highest BCUT2D eigenvalue weighted by Crippen LogP contribution is 2.31. The van der Waals surface area contributed by atoms with Crippen molar-refractivity contribution < 1.29 is 9.59 Å². The summed E-state index contributed by atoms with van der Waals surface area (Å²) in [7, 11) is 0. The SMILES string of the molecule is CCc1ccccc1NC(=O)N1CCC(C)(C(=O)NCc2ccc(C)cc2)CC1. The average Bonchev–Trinajstić information content (AvgIpc) is 2.74. The first-order valence-electron chi connectivity index (χ1n) is 10.4. The van der Waals surface area contributed by atoms with E-state index >= 15 is 0 Å². The molecule has 0 aromatic heterocycles. The van der Waals surface area contributed by atoms with Gasteiger partial charge in [0.2, 0.25) is 5.91 Å². The van der Waals surface area contributed by atoms with Crippen molar-refractivity contribution in [1.82, 2.24) is 10.2 Å². The molecule has 1 aliphatic rings. The van der Waals surface area contributed by atoms with Gasteiger partial charge in [-0.15, -0.1) is 0 Å². The molecule has 0 bridgehead atoms. The standard InChI is InChI=1S/C24H31N3O2/c1-4-20-7-5-6-8-21(20)26-23(29)27-15-13-24(3,14-16-27)22(28)25-17-19-11-9-18(2)10-12-19/h5-12H,4,13-17H2,1-3H3,(H,25,28)(H,26,29). The number of urea groups is 1. The summed E-state index contributed by atoms with van der Waals surface area (Å²) in [6.07, 6.45) is 2.20. The number of amides is 3. The number of nitrogens with zero attached hydrogens (tertiary/aromatic N) is 1. The maximum atomic E-state index is 12.8. The van der Waals surface area contributed by atoms with Gasteiger partial charge in [-0.1, -0.05) is 61.9 Å². The number of hydrogen-bond donors (Lipinski definition) is 2. The van der Waals surface area contributed by atoms with E-state index in [4.69, 9.17) is 0 Å².